The molecule has 0 saturated heterocycles. The summed E-state index contributed by atoms with van der Waals surface area (Å²) in [7, 11) is 0. The third-order valence-electron chi connectivity index (χ3n) is 13.1. The second kappa shape index (κ2) is 68.0. The molecule has 0 N–H and O–H groups in total. The van der Waals surface area contributed by atoms with Gasteiger partial charge in [-0.15, -0.1) is 0 Å². The smallest absolute Gasteiger partial charge is 0.306 e. The third-order valence-corrected chi connectivity index (χ3v) is 13.1. The zero-order chi connectivity index (χ0) is 59.2. The van der Waals surface area contributed by atoms with Crippen molar-refractivity contribution in [2.24, 2.45) is 0 Å². The van der Waals surface area contributed by atoms with E-state index in [1.54, 1.807) is 0 Å². The van der Waals surface area contributed by atoms with Crippen molar-refractivity contribution in [3.05, 3.63) is 182 Å². The Bertz CT molecular complexity index is 1920. The van der Waals surface area contributed by atoms with Gasteiger partial charge in [0.2, 0.25) is 0 Å². The van der Waals surface area contributed by atoms with Gasteiger partial charge < -0.3 is 14.2 Å². The summed E-state index contributed by atoms with van der Waals surface area (Å²) in [6.07, 6.45) is 102. The SMILES string of the molecule is CC/C=C\C/C=C\C/C=C\C/C=C\C/C=C\C/C=C\C/C=C\C/C=C\C/C=C\CCCC(=O)OCC(COC(=O)CCC/C=C\C/C=C\C/C=C\C/C=C\C/C=C\CC)OC(=O)CCCCCCCCC/C=C\CCCCCCCCC. The monoisotopic (exact) mass is 1130 g/mol. The highest BCUT2D eigenvalue weighted by Gasteiger charge is 2.19. The highest BCUT2D eigenvalue weighted by Crippen LogP contribution is 2.14. The van der Waals surface area contributed by atoms with Crippen molar-refractivity contribution in [2.75, 3.05) is 13.2 Å². The number of hydrogen-bond acceptors (Lipinski definition) is 6. The van der Waals surface area contributed by atoms with E-state index in [1.165, 1.54) is 83.5 Å². The van der Waals surface area contributed by atoms with Gasteiger partial charge in [0.05, 0.1) is 0 Å². The maximum Gasteiger partial charge on any atom is 0.306 e. The van der Waals surface area contributed by atoms with Gasteiger partial charge in [0, 0.05) is 19.3 Å². The molecule has 6 nitrogen and oxygen atoms in total. The number of unbranched alkanes of at least 4 members (excludes halogenated alkanes) is 16. The first-order chi connectivity index (χ1) is 40.5. The Hall–Kier alpha value is -5.49. The second-order valence-electron chi connectivity index (χ2n) is 20.9. The van der Waals surface area contributed by atoms with Crippen LogP contribution in [0.5, 0.6) is 0 Å². The summed E-state index contributed by atoms with van der Waals surface area (Å²) in [5.41, 5.74) is 0. The minimum absolute atomic E-state index is 0.136. The van der Waals surface area contributed by atoms with E-state index < -0.39 is 6.10 Å². The van der Waals surface area contributed by atoms with E-state index in [0.29, 0.717) is 19.3 Å². The lowest BCUT2D eigenvalue weighted by molar-refractivity contribution is -0.167. The Labute approximate surface area is 504 Å². The molecule has 0 bridgehead atoms. The van der Waals surface area contributed by atoms with Crippen LogP contribution in [-0.2, 0) is 28.6 Å². The average molecular weight is 1130 g/mol. The van der Waals surface area contributed by atoms with Gasteiger partial charge in [-0.25, -0.2) is 0 Å². The maximum absolute atomic E-state index is 12.9. The number of ether oxygens (including phenoxy) is 3. The molecular weight excluding hydrogens is 1010 g/mol. The van der Waals surface area contributed by atoms with Crippen molar-refractivity contribution < 1.29 is 28.6 Å². The first kappa shape index (κ1) is 76.5. The van der Waals surface area contributed by atoms with Gasteiger partial charge in [0.25, 0.3) is 0 Å². The number of carbonyl (C=O) groups is 3. The first-order valence-corrected chi connectivity index (χ1v) is 32.8. The summed E-state index contributed by atoms with van der Waals surface area (Å²) < 4.78 is 16.8. The van der Waals surface area contributed by atoms with Gasteiger partial charge in [-0.2, -0.15) is 0 Å². The normalized spacial score (nSPS) is 13.4. The minimum Gasteiger partial charge on any atom is -0.462 e. The van der Waals surface area contributed by atoms with Crippen LogP contribution in [0.15, 0.2) is 182 Å². The predicted octanol–water partition coefficient (Wildman–Crippen LogP) is 22.8. The van der Waals surface area contributed by atoms with Crippen molar-refractivity contribution >= 4 is 17.9 Å². The summed E-state index contributed by atoms with van der Waals surface area (Å²) in [4.78, 5) is 38.3. The van der Waals surface area contributed by atoms with E-state index in [9.17, 15) is 14.4 Å². The van der Waals surface area contributed by atoms with Crippen molar-refractivity contribution in [1.82, 2.24) is 0 Å². The van der Waals surface area contributed by atoms with Crippen LogP contribution in [0.25, 0.3) is 0 Å². The van der Waals surface area contributed by atoms with Crippen LogP contribution < -0.4 is 0 Å². The molecule has 0 spiro atoms. The van der Waals surface area contributed by atoms with E-state index in [-0.39, 0.29) is 44.0 Å². The molecule has 6 heteroatoms. The molecule has 82 heavy (non-hydrogen) atoms. The van der Waals surface area contributed by atoms with Crippen molar-refractivity contribution in [3.63, 3.8) is 0 Å². The molecule has 0 aromatic carbocycles. The Morgan fingerprint density at radius 2 is 0.488 bits per heavy atom. The lowest BCUT2D eigenvalue weighted by Crippen LogP contribution is -2.30. The van der Waals surface area contributed by atoms with E-state index in [0.717, 1.165) is 122 Å². The number of esters is 3. The summed E-state index contributed by atoms with van der Waals surface area (Å²) in [6, 6.07) is 0. The van der Waals surface area contributed by atoms with E-state index >= 15 is 0 Å². The topological polar surface area (TPSA) is 78.9 Å². The first-order valence-electron chi connectivity index (χ1n) is 32.8. The fourth-order valence-electron chi connectivity index (χ4n) is 8.30. The number of rotatable bonds is 57. The highest BCUT2D eigenvalue weighted by molar-refractivity contribution is 5.71. The van der Waals surface area contributed by atoms with Crippen LogP contribution in [0.3, 0.4) is 0 Å². The molecule has 0 radical (unpaired) electrons. The van der Waals surface area contributed by atoms with Gasteiger partial charge in [0.15, 0.2) is 6.10 Å². The molecule has 0 fully saturated rings. The van der Waals surface area contributed by atoms with Gasteiger partial charge >= 0.3 is 17.9 Å². The average Bonchev–Trinajstić information content (AvgIpc) is 3.47. The molecule has 1 atom stereocenters. The zero-order valence-corrected chi connectivity index (χ0v) is 52.4. The maximum atomic E-state index is 12.9. The molecule has 0 saturated carbocycles. The Balaban J connectivity index is 4.56. The summed E-state index contributed by atoms with van der Waals surface area (Å²) >= 11 is 0. The molecular formula is C76H118O6. The molecule has 1 unspecified atom stereocenters. The molecule has 0 heterocycles. The number of carbonyl (C=O) groups excluding carboxylic acids is 3. The molecule has 458 valence electrons. The lowest BCUT2D eigenvalue weighted by atomic mass is 10.1. The Kier molecular flexibility index (Phi) is 63.5. The van der Waals surface area contributed by atoms with Crippen LogP contribution >= 0.6 is 0 Å². The van der Waals surface area contributed by atoms with Crippen LogP contribution in [0.2, 0.25) is 0 Å². The molecule has 0 aliphatic heterocycles. The van der Waals surface area contributed by atoms with Crippen molar-refractivity contribution in [2.45, 2.75) is 264 Å². The standard InChI is InChI=1S/C76H118O6/c1-4-7-10-13-16-19-22-25-28-31-33-34-35-36-37-38-39-40-41-42-43-46-48-51-54-57-60-63-66-69-75(78)81-72-73(71-80-74(77)68-65-62-59-56-53-50-47-44-30-27-24-21-18-15-12-9-6-3)82-76(79)70-67-64-61-58-55-52-49-45-32-29-26-23-20-17-14-11-8-5-2/h7,9-10,12,16,18-19,21,25,27-30,32-34,36-37,39-40,42-43,47-48,50-51,56-57,59-60,73H,4-6,8,11,13-15,17,20,22-24,26,31,35,38,41,44-46,49,52-55,58,61-72H2,1-3H3/b10-7-,12-9-,19-16-,21-18-,28-25-,30-27-,32-29-,34-33-,37-36-,40-39-,43-42-,50-47-,51-48-,59-56-,60-57-. The molecule has 0 amide bonds. The predicted molar refractivity (Wildman–Crippen MR) is 357 cm³/mol. The molecule has 0 rings (SSSR count). The Morgan fingerprint density at radius 1 is 0.256 bits per heavy atom. The van der Waals surface area contributed by atoms with Gasteiger partial charge in [-0.3, -0.25) is 14.4 Å². The van der Waals surface area contributed by atoms with Crippen LogP contribution in [0, 0.1) is 0 Å². The Morgan fingerprint density at radius 3 is 0.793 bits per heavy atom. The number of allylic oxidation sites excluding steroid dienone is 30. The van der Waals surface area contributed by atoms with E-state index in [4.69, 9.17) is 14.2 Å². The number of hydrogen-bond donors (Lipinski definition) is 0. The summed E-state index contributed by atoms with van der Waals surface area (Å²) in [5, 5.41) is 0. The van der Waals surface area contributed by atoms with Crippen molar-refractivity contribution in [3.8, 4) is 0 Å². The van der Waals surface area contributed by atoms with Crippen LogP contribution in [0.4, 0.5) is 0 Å². The van der Waals surface area contributed by atoms with Gasteiger partial charge in [-0.1, -0.05) is 274 Å². The molecule has 0 aromatic heterocycles. The third kappa shape index (κ3) is 65.3. The van der Waals surface area contributed by atoms with Crippen LogP contribution in [-0.4, -0.2) is 37.2 Å². The van der Waals surface area contributed by atoms with E-state index in [2.05, 4.69) is 203 Å². The van der Waals surface area contributed by atoms with Gasteiger partial charge in [-0.05, 0) is 148 Å². The highest BCUT2D eigenvalue weighted by atomic mass is 16.6. The summed E-state index contributed by atoms with van der Waals surface area (Å²) in [6.45, 7) is 6.30. The largest absolute Gasteiger partial charge is 0.462 e. The second-order valence-corrected chi connectivity index (χ2v) is 20.9. The summed E-state index contributed by atoms with van der Waals surface area (Å²) in [5.74, 6) is -1.06. The fourth-order valence-corrected chi connectivity index (χ4v) is 8.30. The molecule has 0 aromatic rings. The van der Waals surface area contributed by atoms with Gasteiger partial charge in [0.1, 0.15) is 13.2 Å². The van der Waals surface area contributed by atoms with Crippen molar-refractivity contribution in [1.29, 1.82) is 0 Å². The van der Waals surface area contributed by atoms with Crippen LogP contribution in [0.1, 0.15) is 258 Å². The molecule has 0 aliphatic rings. The zero-order valence-electron chi connectivity index (χ0n) is 52.4. The fraction of sp³-hybridized carbons (Fsp3) is 0.566. The lowest BCUT2D eigenvalue weighted by Gasteiger charge is -2.18. The van der Waals surface area contributed by atoms with E-state index in [1.807, 2.05) is 0 Å². The quantitative estimate of drug-likeness (QED) is 0.0261. The minimum atomic E-state index is -0.839. The molecule has 0 aliphatic carbocycles.